The molecular weight excluding hydrogens is 333 g/mol. The lowest BCUT2D eigenvalue weighted by Gasteiger charge is -2.36. The first-order valence-corrected chi connectivity index (χ1v) is 7.85. The SMILES string of the molecule is FC(F)(F)c1cccc(N2CCN(c3cccc4nncn34)CC2)n1. The Morgan fingerprint density at radius 3 is 2.36 bits per heavy atom. The molecule has 1 saturated heterocycles. The summed E-state index contributed by atoms with van der Waals surface area (Å²) in [7, 11) is 0. The summed E-state index contributed by atoms with van der Waals surface area (Å²) in [5.41, 5.74) is -0.0961. The van der Waals surface area contributed by atoms with E-state index in [-0.39, 0.29) is 0 Å². The van der Waals surface area contributed by atoms with E-state index in [4.69, 9.17) is 0 Å². The number of aromatic nitrogens is 4. The highest BCUT2D eigenvalue weighted by molar-refractivity contribution is 5.52. The molecule has 1 fully saturated rings. The van der Waals surface area contributed by atoms with Gasteiger partial charge in [0.25, 0.3) is 0 Å². The normalized spacial score (nSPS) is 15.8. The molecule has 0 atom stereocenters. The molecule has 130 valence electrons. The van der Waals surface area contributed by atoms with Gasteiger partial charge in [0, 0.05) is 26.2 Å². The van der Waals surface area contributed by atoms with Crippen molar-refractivity contribution in [3.63, 3.8) is 0 Å². The number of rotatable bonds is 2. The minimum Gasteiger partial charge on any atom is -0.354 e. The number of halogens is 3. The maximum absolute atomic E-state index is 12.8. The van der Waals surface area contributed by atoms with Crippen LogP contribution in [0.3, 0.4) is 0 Å². The van der Waals surface area contributed by atoms with Crippen LogP contribution in [-0.2, 0) is 6.18 Å². The summed E-state index contributed by atoms with van der Waals surface area (Å²) in [4.78, 5) is 7.80. The molecule has 1 aliphatic heterocycles. The monoisotopic (exact) mass is 348 g/mol. The molecule has 0 saturated carbocycles. The van der Waals surface area contributed by atoms with Gasteiger partial charge in [0.2, 0.25) is 0 Å². The summed E-state index contributed by atoms with van der Waals surface area (Å²) < 4.78 is 40.4. The molecule has 25 heavy (non-hydrogen) atoms. The van der Waals surface area contributed by atoms with Crippen molar-refractivity contribution in [2.24, 2.45) is 0 Å². The minimum absolute atomic E-state index is 0.358. The van der Waals surface area contributed by atoms with Crippen LogP contribution in [0.1, 0.15) is 5.69 Å². The van der Waals surface area contributed by atoms with Crippen molar-refractivity contribution in [1.82, 2.24) is 19.6 Å². The predicted octanol–water partition coefficient (Wildman–Crippen LogP) is 2.47. The van der Waals surface area contributed by atoms with Crippen LogP contribution in [0.15, 0.2) is 42.7 Å². The maximum atomic E-state index is 12.8. The highest BCUT2D eigenvalue weighted by Gasteiger charge is 2.33. The molecule has 4 rings (SSSR count). The van der Waals surface area contributed by atoms with Crippen molar-refractivity contribution in [2.75, 3.05) is 36.0 Å². The van der Waals surface area contributed by atoms with Gasteiger partial charge in [0.05, 0.1) is 0 Å². The highest BCUT2D eigenvalue weighted by Crippen LogP contribution is 2.29. The molecule has 0 spiro atoms. The number of anilines is 2. The average molecular weight is 348 g/mol. The van der Waals surface area contributed by atoms with Crippen LogP contribution in [0.25, 0.3) is 5.65 Å². The van der Waals surface area contributed by atoms with Crippen LogP contribution >= 0.6 is 0 Å². The van der Waals surface area contributed by atoms with Gasteiger partial charge in [-0.3, -0.25) is 4.40 Å². The second-order valence-electron chi connectivity index (χ2n) is 5.80. The molecule has 0 N–H and O–H groups in total. The van der Waals surface area contributed by atoms with Gasteiger partial charge in [-0.15, -0.1) is 10.2 Å². The van der Waals surface area contributed by atoms with Crippen molar-refractivity contribution in [1.29, 1.82) is 0 Å². The van der Waals surface area contributed by atoms with Gasteiger partial charge in [-0.25, -0.2) is 4.98 Å². The summed E-state index contributed by atoms with van der Waals surface area (Å²) in [6, 6.07) is 9.78. The first-order valence-electron chi connectivity index (χ1n) is 7.85. The summed E-state index contributed by atoms with van der Waals surface area (Å²) >= 11 is 0. The fourth-order valence-corrected chi connectivity index (χ4v) is 3.01. The zero-order chi connectivity index (χ0) is 17.4. The van der Waals surface area contributed by atoms with Crippen molar-refractivity contribution in [3.8, 4) is 0 Å². The van der Waals surface area contributed by atoms with Crippen LogP contribution in [0.5, 0.6) is 0 Å². The summed E-state index contributed by atoms with van der Waals surface area (Å²) in [5, 5.41) is 7.94. The van der Waals surface area contributed by atoms with Crippen molar-refractivity contribution < 1.29 is 13.2 Å². The number of nitrogens with zero attached hydrogens (tertiary/aromatic N) is 6. The van der Waals surface area contributed by atoms with Gasteiger partial charge < -0.3 is 9.80 Å². The standard InChI is InChI=1S/C16H15F3N6/c17-16(18,19)12-3-1-4-13(21-12)23-7-9-24(10-8-23)15-6-2-5-14-22-20-11-25(14)15/h1-6,11H,7-10H2. The van der Waals surface area contributed by atoms with E-state index in [0.29, 0.717) is 32.0 Å². The first kappa shape index (κ1) is 15.7. The molecule has 6 nitrogen and oxygen atoms in total. The molecule has 0 aromatic carbocycles. The van der Waals surface area contributed by atoms with E-state index in [1.807, 2.05) is 27.5 Å². The summed E-state index contributed by atoms with van der Waals surface area (Å²) in [6.07, 6.45) is -2.77. The third-order valence-electron chi connectivity index (χ3n) is 4.26. The number of hydrogen-bond acceptors (Lipinski definition) is 5. The van der Waals surface area contributed by atoms with E-state index in [0.717, 1.165) is 17.5 Å². The molecule has 0 unspecified atom stereocenters. The van der Waals surface area contributed by atoms with Crippen molar-refractivity contribution >= 4 is 17.3 Å². The van der Waals surface area contributed by atoms with Crippen molar-refractivity contribution in [2.45, 2.75) is 6.18 Å². The molecule has 0 amide bonds. The Bertz CT molecular complexity index is 883. The summed E-state index contributed by atoms with van der Waals surface area (Å²) in [6.45, 7) is 2.53. The molecule has 1 aliphatic rings. The van der Waals surface area contributed by atoms with Gasteiger partial charge in [0.15, 0.2) is 5.65 Å². The number of pyridine rings is 2. The third-order valence-corrected chi connectivity index (χ3v) is 4.26. The summed E-state index contributed by atoms with van der Waals surface area (Å²) in [5.74, 6) is 1.33. The van der Waals surface area contributed by atoms with Crippen LogP contribution < -0.4 is 9.80 Å². The lowest BCUT2D eigenvalue weighted by Crippen LogP contribution is -2.47. The predicted molar refractivity (Wildman–Crippen MR) is 86.7 cm³/mol. The van der Waals surface area contributed by atoms with Crippen molar-refractivity contribution in [3.05, 3.63) is 48.4 Å². The Kier molecular flexibility index (Phi) is 3.70. The van der Waals surface area contributed by atoms with E-state index in [1.54, 1.807) is 12.4 Å². The lowest BCUT2D eigenvalue weighted by molar-refractivity contribution is -0.141. The Labute approximate surface area is 141 Å². The lowest BCUT2D eigenvalue weighted by atomic mass is 10.2. The Morgan fingerprint density at radius 2 is 1.60 bits per heavy atom. The first-order chi connectivity index (χ1) is 12.0. The molecule has 9 heteroatoms. The molecule has 0 aliphatic carbocycles. The zero-order valence-electron chi connectivity index (χ0n) is 13.2. The minimum atomic E-state index is -4.43. The van der Waals surface area contributed by atoms with Gasteiger partial charge in [-0.2, -0.15) is 13.2 Å². The van der Waals surface area contributed by atoms with E-state index in [1.165, 1.54) is 6.07 Å². The number of alkyl halides is 3. The van der Waals surface area contributed by atoms with Gasteiger partial charge in [-0.05, 0) is 24.3 Å². The van der Waals surface area contributed by atoms with E-state index < -0.39 is 11.9 Å². The van der Waals surface area contributed by atoms with E-state index in [2.05, 4.69) is 20.1 Å². The van der Waals surface area contributed by atoms with Gasteiger partial charge >= 0.3 is 6.18 Å². The molecule has 0 bridgehead atoms. The fourth-order valence-electron chi connectivity index (χ4n) is 3.01. The quantitative estimate of drug-likeness (QED) is 0.712. The van der Waals surface area contributed by atoms with Crippen LogP contribution in [0, 0.1) is 0 Å². The highest BCUT2D eigenvalue weighted by atomic mass is 19.4. The maximum Gasteiger partial charge on any atom is 0.433 e. The molecular formula is C16H15F3N6. The second kappa shape index (κ2) is 5.91. The Morgan fingerprint density at radius 1 is 0.880 bits per heavy atom. The van der Waals surface area contributed by atoms with Gasteiger partial charge in [-0.1, -0.05) is 12.1 Å². The Balaban J connectivity index is 1.51. The number of piperazine rings is 1. The fraction of sp³-hybridized carbons (Fsp3) is 0.312. The van der Waals surface area contributed by atoms with Crippen LogP contribution in [0.2, 0.25) is 0 Å². The van der Waals surface area contributed by atoms with Gasteiger partial charge in [0.1, 0.15) is 23.7 Å². The average Bonchev–Trinajstić information content (AvgIpc) is 3.10. The van der Waals surface area contributed by atoms with E-state index >= 15 is 0 Å². The smallest absolute Gasteiger partial charge is 0.354 e. The molecule has 0 radical (unpaired) electrons. The van der Waals surface area contributed by atoms with Crippen LogP contribution in [-0.4, -0.2) is 45.8 Å². The number of fused-ring (bicyclic) bond motifs is 1. The molecule has 4 heterocycles. The molecule has 3 aromatic rings. The van der Waals surface area contributed by atoms with E-state index in [9.17, 15) is 13.2 Å². The third kappa shape index (κ3) is 2.97. The largest absolute Gasteiger partial charge is 0.433 e. The Hall–Kier alpha value is -2.84. The number of hydrogen-bond donors (Lipinski definition) is 0. The van der Waals surface area contributed by atoms with Crippen LogP contribution in [0.4, 0.5) is 24.8 Å². The second-order valence-corrected chi connectivity index (χ2v) is 5.80. The topological polar surface area (TPSA) is 49.6 Å². The molecule has 3 aromatic heterocycles. The zero-order valence-corrected chi connectivity index (χ0v) is 13.2.